The van der Waals surface area contributed by atoms with Crippen LogP contribution >= 0.6 is 34.8 Å². The van der Waals surface area contributed by atoms with Crippen molar-refractivity contribution in [2.75, 3.05) is 0 Å². The van der Waals surface area contributed by atoms with Gasteiger partial charge < -0.3 is 4.42 Å². The van der Waals surface area contributed by atoms with Gasteiger partial charge in [0.1, 0.15) is 11.5 Å². The Bertz CT molecular complexity index is 951. The van der Waals surface area contributed by atoms with Gasteiger partial charge in [-0.2, -0.15) is 5.10 Å². The van der Waals surface area contributed by atoms with Crippen LogP contribution in [0.4, 0.5) is 0 Å². The zero-order valence-electron chi connectivity index (χ0n) is 12.7. The number of halogens is 3. The van der Waals surface area contributed by atoms with Crippen molar-refractivity contribution in [3.63, 3.8) is 0 Å². The SMILES string of the molecule is O=C(N/N=C/c1ccc(-c2ccc(Cl)cc2Cl)o1)c1cccc(Cl)c1. The number of carbonyl (C=O) groups excluding carboxylic acids is 1. The monoisotopic (exact) mass is 392 g/mol. The number of furan rings is 1. The predicted molar refractivity (Wildman–Crippen MR) is 101 cm³/mol. The van der Waals surface area contributed by atoms with Crippen LogP contribution in [-0.2, 0) is 0 Å². The van der Waals surface area contributed by atoms with Crippen LogP contribution in [-0.4, -0.2) is 12.1 Å². The highest BCUT2D eigenvalue weighted by Gasteiger charge is 2.09. The van der Waals surface area contributed by atoms with E-state index in [4.69, 9.17) is 39.2 Å². The van der Waals surface area contributed by atoms with Crippen molar-refractivity contribution in [3.8, 4) is 11.3 Å². The normalized spacial score (nSPS) is 11.0. The number of amides is 1. The minimum Gasteiger partial charge on any atom is -0.455 e. The molecule has 2 aromatic carbocycles. The van der Waals surface area contributed by atoms with Crippen molar-refractivity contribution in [2.24, 2.45) is 5.10 Å². The maximum atomic E-state index is 11.9. The summed E-state index contributed by atoms with van der Waals surface area (Å²) in [5.41, 5.74) is 3.54. The Hall–Kier alpha value is -2.27. The van der Waals surface area contributed by atoms with E-state index in [2.05, 4.69) is 10.5 Å². The fourth-order valence-corrected chi connectivity index (χ4v) is 2.80. The molecule has 1 aromatic heterocycles. The standard InChI is InChI=1S/C18H11Cl3N2O2/c19-12-3-1-2-11(8-12)18(24)23-22-10-14-5-7-17(25-14)15-6-4-13(20)9-16(15)21/h1-10H,(H,23,24)/b22-10+. The van der Waals surface area contributed by atoms with Gasteiger partial charge in [-0.15, -0.1) is 0 Å². The molecular weight excluding hydrogens is 383 g/mol. The third kappa shape index (κ3) is 4.42. The number of nitrogens with zero attached hydrogens (tertiary/aromatic N) is 1. The number of benzene rings is 2. The molecule has 1 amide bonds. The highest BCUT2D eigenvalue weighted by Crippen LogP contribution is 2.31. The smallest absolute Gasteiger partial charge is 0.271 e. The van der Waals surface area contributed by atoms with Crippen molar-refractivity contribution in [1.29, 1.82) is 0 Å². The third-order valence-corrected chi connectivity index (χ3v) is 4.05. The van der Waals surface area contributed by atoms with Crippen LogP contribution in [0.25, 0.3) is 11.3 Å². The van der Waals surface area contributed by atoms with E-state index in [0.29, 0.717) is 37.7 Å². The molecule has 0 atom stereocenters. The van der Waals surface area contributed by atoms with E-state index in [-0.39, 0.29) is 5.91 Å². The first-order valence-electron chi connectivity index (χ1n) is 7.17. The molecule has 3 aromatic rings. The van der Waals surface area contributed by atoms with Gasteiger partial charge in [0, 0.05) is 21.2 Å². The topological polar surface area (TPSA) is 54.6 Å². The molecule has 1 N–H and O–H groups in total. The van der Waals surface area contributed by atoms with Gasteiger partial charge >= 0.3 is 0 Å². The lowest BCUT2D eigenvalue weighted by Crippen LogP contribution is -2.17. The number of carbonyl (C=O) groups is 1. The fourth-order valence-electron chi connectivity index (χ4n) is 2.11. The van der Waals surface area contributed by atoms with Gasteiger partial charge in [-0.05, 0) is 48.5 Å². The van der Waals surface area contributed by atoms with Crippen LogP contribution in [0.3, 0.4) is 0 Å². The Morgan fingerprint density at radius 2 is 1.80 bits per heavy atom. The Morgan fingerprint density at radius 1 is 1.00 bits per heavy atom. The van der Waals surface area contributed by atoms with Crippen molar-refractivity contribution in [1.82, 2.24) is 5.43 Å². The molecule has 1 heterocycles. The van der Waals surface area contributed by atoms with Crippen LogP contribution in [0.15, 0.2) is 64.1 Å². The van der Waals surface area contributed by atoms with Gasteiger partial charge in [-0.3, -0.25) is 4.79 Å². The summed E-state index contributed by atoms with van der Waals surface area (Å²) in [7, 11) is 0. The lowest BCUT2D eigenvalue weighted by Gasteiger charge is -2.01. The molecule has 4 nitrogen and oxygen atoms in total. The van der Waals surface area contributed by atoms with Gasteiger partial charge in [-0.1, -0.05) is 40.9 Å². The lowest BCUT2D eigenvalue weighted by molar-refractivity contribution is 0.0955. The molecule has 126 valence electrons. The first-order valence-corrected chi connectivity index (χ1v) is 8.30. The predicted octanol–water partition coefficient (Wildman–Crippen LogP) is 5.67. The van der Waals surface area contributed by atoms with Crippen LogP contribution in [0, 0.1) is 0 Å². The van der Waals surface area contributed by atoms with Gasteiger partial charge in [0.2, 0.25) is 0 Å². The van der Waals surface area contributed by atoms with Crippen LogP contribution in [0.5, 0.6) is 0 Å². The van der Waals surface area contributed by atoms with Gasteiger partial charge in [-0.25, -0.2) is 5.43 Å². The number of hydrogen-bond donors (Lipinski definition) is 1. The van der Waals surface area contributed by atoms with Crippen molar-refractivity contribution < 1.29 is 9.21 Å². The molecule has 3 rings (SSSR count). The van der Waals surface area contributed by atoms with E-state index < -0.39 is 0 Å². The first kappa shape index (κ1) is 17.5. The second kappa shape index (κ2) is 7.74. The summed E-state index contributed by atoms with van der Waals surface area (Å²) < 4.78 is 5.65. The zero-order valence-corrected chi connectivity index (χ0v) is 14.9. The Morgan fingerprint density at radius 3 is 2.56 bits per heavy atom. The Balaban J connectivity index is 1.69. The molecule has 0 bridgehead atoms. The summed E-state index contributed by atoms with van der Waals surface area (Å²) in [6, 6.07) is 15.2. The maximum Gasteiger partial charge on any atom is 0.271 e. The summed E-state index contributed by atoms with van der Waals surface area (Å²) in [6.07, 6.45) is 1.40. The maximum absolute atomic E-state index is 11.9. The summed E-state index contributed by atoms with van der Waals surface area (Å²) in [4.78, 5) is 11.9. The number of nitrogens with one attached hydrogen (secondary N) is 1. The minimum atomic E-state index is -0.369. The molecule has 0 saturated carbocycles. The summed E-state index contributed by atoms with van der Waals surface area (Å²) in [6.45, 7) is 0. The molecule has 7 heteroatoms. The number of hydrazone groups is 1. The summed E-state index contributed by atoms with van der Waals surface area (Å²) in [5, 5.41) is 5.39. The van der Waals surface area contributed by atoms with E-state index in [1.807, 2.05) is 0 Å². The molecule has 0 aliphatic heterocycles. The number of rotatable bonds is 4. The van der Waals surface area contributed by atoms with Crippen molar-refractivity contribution >= 4 is 46.9 Å². The molecule has 0 aliphatic rings. The molecule has 0 spiro atoms. The molecule has 25 heavy (non-hydrogen) atoms. The molecule has 0 unspecified atom stereocenters. The van der Waals surface area contributed by atoms with Crippen molar-refractivity contribution in [3.05, 3.63) is 81.0 Å². The minimum absolute atomic E-state index is 0.369. The van der Waals surface area contributed by atoms with Crippen molar-refractivity contribution in [2.45, 2.75) is 0 Å². The van der Waals surface area contributed by atoms with E-state index >= 15 is 0 Å². The molecule has 0 saturated heterocycles. The average molecular weight is 394 g/mol. The highest BCUT2D eigenvalue weighted by atomic mass is 35.5. The van der Waals surface area contributed by atoms with E-state index in [0.717, 1.165) is 0 Å². The molecule has 0 aliphatic carbocycles. The summed E-state index contributed by atoms with van der Waals surface area (Å²) in [5.74, 6) is 0.669. The largest absolute Gasteiger partial charge is 0.455 e. The quantitative estimate of drug-likeness (QED) is 0.458. The van der Waals surface area contributed by atoms with E-state index in [9.17, 15) is 4.79 Å². The van der Waals surface area contributed by atoms with Gasteiger partial charge in [0.15, 0.2) is 0 Å². The van der Waals surface area contributed by atoms with Gasteiger partial charge in [0.05, 0.1) is 11.2 Å². The van der Waals surface area contributed by atoms with E-state index in [1.165, 1.54) is 6.21 Å². The molecular formula is C18H11Cl3N2O2. The molecule has 0 radical (unpaired) electrons. The lowest BCUT2D eigenvalue weighted by atomic mass is 10.2. The van der Waals surface area contributed by atoms with Crippen LogP contribution < -0.4 is 5.43 Å². The number of hydrogen-bond acceptors (Lipinski definition) is 3. The van der Waals surface area contributed by atoms with E-state index in [1.54, 1.807) is 54.6 Å². The Labute approximate surface area is 159 Å². The second-order valence-corrected chi connectivity index (χ2v) is 6.32. The van der Waals surface area contributed by atoms with Gasteiger partial charge in [0.25, 0.3) is 5.91 Å². The second-order valence-electron chi connectivity index (χ2n) is 5.04. The Kier molecular flexibility index (Phi) is 5.43. The first-order chi connectivity index (χ1) is 12.0. The zero-order chi connectivity index (χ0) is 17.8. The van der Waals surface area contributed by atoms with Crippen LogP contribution in [0.1, 0.15) is 16.1 Å². The highest BCUT2D eigenvalue weighted by molar-refractivity contribution is 6.36. The summed E-state index contributed by atoms with van der Waals surface area (Å²) >= 11 is 17.9. The third-order valence-electron chi connectivity index (χ3n) is 3.27. The fraction of sp³-hybridized carbons (Fsp3) is 0. The van der Waals surface area contributed by atoms with Crippen LogP contribution in [0.2, 0.25) is 15.1 Å². The average Bonchev–Trinajstić information content (AvgIpc) is 3.03. The molecule has 0 fully saturated rings.